The van der Waals surface area contributed by atoms with Gasteiger partial charge in [0.2, 0.25) is 0 Å². The summed E-state index contributed by atoms with van der Waals surface area (Å²) < 4.78 is 47.5. The molecule has 0 aromatic heterocycles. The zero-order chi connectivity index (χ0) is 9.14. The summed E-state index contributed by atoms with van der Waals surface area (Å²) >= 11 is 0. The lowest BCUT2D eigenvalue weighted by Crippen LogP contribution is -1.87. The van der Waals surface area contributed by atoms with Crippen LogP contribution in [0.1, 0.15) is 24.0 Å². The van der Waals surface area contributed by atoms with Gasteiger partial charge in [0, 0.05) is 11.1 Å². The Morgan fingerprint density at radius 2 is 1.67 bits per heavy atom. The second-order valence-electron chi connectivity index (χ2n) is 2.18. The molecule has 1 aromatic rings. The van der Waals surface area contributed by atoms with Crippen LogP contribution in [0, 0.1) is 6.07 Å². The van der Waals surface area contributed by atoms with Crippen molar-refractivity contribution in [2.75, 3.05) is 0 Å². The zero-order valence-corrected chi connectivity index (χ0v) is 5.90. The van der Waals surface area contributed by atoms with E-state index in [1.165, 1.54) is 0 Å². The monoisotopic (exact) mass is 177 g/mol. The van der Waals surface area contributed by atoms with E-state index in [0.29, 0.717) is 0 Å². The Morgan fingerprint density at radius 1 is 1.00 bits per heavy atom. The summed E-state index contributed by atoms with van der Waals surface area (Å²) in [6, 6.07) is 4.89. The number of benzene rings is 1. The van der Waals surface area contributed by atoms with E-state index in [0.717, 1.165) is 18.2 Å². The summed E-state index contributed by atoms with van der Waals surface area (Å²) in [5.41, 5.74) is -0.654. The van der Waals surface area contributed by atoms with Gasteiger partial charge < -0.3 is 0 Å². The Hall–Kier alpha value is -1.06. The highest BCUT2D eigenvalue weighted by molar-refractivity contribution is 5.22. The molecule has 0 aliphatic rings. The Labute approximate surface area is 66.8 Å². The fraction of sp³-hybridized carbons (Fsp3) is 0.250. The molecule has 0 aliphatic carbocycles. The first-order valence-corrected chi connectivity index (χ1v) is 3.19. The van der Waals surface area contributed by atoms with Gasteiger partial charge in [0.1, 0.15) is 0 Å². The van der Waals surface area contributed by atoms with Crippen molar-refractivity contribution in [3.63, 3.8) is 0 Å². The summed E-state index contributed by atoms with van der Waals surface area (Å²) in [4.78, 5) is 0. The molecule has 0 aliphatic heterocycles. The number of hydrogen-bond acceptors (Lipinski definition) is 0. The van der Waals surface area contributed by atoms with Crippen LogP contribution in [0.3, 0.4) is 0 Å². The molecule has 1 rings (SSSR count). The van der Waals surface area contributed by atoms with E-state index in [-0.39, 0.29) is 11.1 Å². The number of alkyl halides is 4. The first-order chi connectivity index (χ1) is 5.61. The molecule has 12 heavy (non-hydrogen) atoms. The molecule has 0 heterocycles. The normalized spacial score (nSPS) is 11.2. The molecule has 4 heteroatoms. The average molecular weight is 177 g/mol. The van der Waals surface area contributed by atoms with Gasteiger partial charge in [0.05, 0.1) is 0 Å². The minimum Gasteiger partial charge on any atom is -0.205 e. The minimum atomic E-state index is -2.66. The van der Waals surface area contributed by atoms with Crippen LogP contribution in [-0.4, -0.2) is 0 Å². The molecule has 1 aromatic carbocycles. The van der Waals surface area contributed by atoms with Crippen molar-refractivity contribution in [2.45, 2.75) is 12.9 Å². The van der Waals surface area contributed by atoms with Gasteiger partial charge in [-0.1, -0.05) is 12.1 Å². The fourth-order valence-electron chi connectivity index (χ4n) is 0.720. The number of hydrogen-bond donors (Lipinski definition) is 0. The highest BCUT2D eigenvalue weighted by Gasteiger charge is 2.10. The fourth-order valence-corrected chi connectivity index (χ4v) is 0.720. The van der Waals surface area contributed by atoms with Crippen LogP contribution in [0.5, 0.6) is 0 Å². The van der Waals surface area contributed by atoms with Gasteiger partial charge in [0.15, 0.2) is 0 Å². The quantitative estimate of drug-likeness (QED) is 0.607. The molecular weight excluding hydrogens is 172 g/mol. The lowest BCUT2D eigenvalue weighted by Gasteiger charge is -2.00. The second-order valence-corrected chi connectivity index (χ2v) is 2.18. The number of rotatable bonds is 2. The van der Waals surface area contributed by atoms with Crippen LogP contribution in [0.15, 0.2) is 18.2 Å². The maximum atomic E-state index is 11.9. The molecule has 0 saturated carbocycles. The topological polar surface area (TPSA) is 0 Å². The van der Waals surface area contributed by atoms with E-state index in [9.17, 15) is 17.6 Å². The third kappa shape index (κ3) is 1.96. The van der Waals surface area contributed by atoms with E-state index in [4.69, 9.17) is 0 Å². The molecule has 0 N–H and O–H groups in total. The highest BCUT2D eigenvalue weighted by Crippen LogP contribution is 2.22. The molecule has 0 fully saturated rings. The third-order valence-corrected chi connectivity index (χ3v) is 1.35. The summed E-state index contributed by atoms with van der Waals surface area (Å²) in [6.07, 6.45) is -5.29. The molecule has 0 saturated heterocycles. The van der Waals surface area contributed by atoms with Crippen molar-refractivity contribution in [1.29, 1.82) is 0 Å². The molecule has 0 atom stereocenters. The van der Waals surface area contributed by atoms with Crippen molar-refractivity contribution in [1.82, 2.24) is 0 Å². The summed E-state index contributed by atoms with van der Waals surface area (Å²) in [6.45, 7) is 0. The summed E-state index contributed by atoms with van der Waals surface area (Å²) in [7, 11) is 0. The van der Waals surface area contributed by atoms with Crippen LogP contribution in [0.4, 0.5) is 17.6 Å². The van der Waals surface area contributed by atoms with Crippen LogP contribution in [0.2, 0.25) is 0 Å². The summed E-state index contributed by atoms with van der Waals surface area (Å²) in [5.74, 6) is 0. The first kappa shape index (κ1) is 9.03. The Morgan fingerprint density at radius 3 is 2.00 bits per heavy atom. The summed E-state index contributed by atoms with van der Waals surface area (Å²) in [5, 5.41) is 0. The Kier molecular flexibility index (Phi) is 2.68. The minimum absolute atomic E-state index is 0.292. The van der Waals surface area contributed by atoms with Crippen LogP contribution in [0.25, 0.3) is 0 Å². The molecule has 1 radical (unpaired) electrons. The van der Waals surface area contributed by atoms with E-state index >= 15 is 0 Å². The molecule has 0 amide bonds. The highest BCUT2D eigenvalue weighted by atomic mass is 19.3. The van der Waals surface area contributed by atoms with Crippen molar-refractivity contribution < 1.29 is 17.6 Å². The third-order valence-electron chi connectivity index (χ3n) is 1.35. The standard InChI is InChI=1S/C8H5F4/c9-7(10)5-1-2-6(4-3-5)8(11)12/h1-3,7-8H. The lowest BCUT2D eigenvalue weighted by atomic mass is 10.1. The average Bonchev–Trinajstić information content (AvgIpc) is 2.04. The predicted molar refractivity (Wildman–Crippen MR) is 35.2 cm³/mol. The maximum absolute atomic E-state index is 11.9. The van der Waals surface area contributed by atoms with Crippen molar-refractivity contribution >= 4 is 0 Å². The van der Waals surface area contributed by atoms with Gasteiger partial charge in [-0.3, -0.25) is 0 Å². The van der Waals surface area contributed by atoms with Crippen LogP contribution < -0.4 is 0 Å². The lowest BCUT2D eigenvalue weighted by molar-refractivity contribution is 0.146. The van der Waals surface area contributed by atoms with E-state index in [1.54, 1.807) is 0 Å². The van der Waals surface area contributed by atoms with Crippen molar-refractivity contribution in [3.05, 3.63) is 35.4 Å². The maximum Gasteiger partial charge on any atom is 0.264 e. The van der Waals surface area contributed by atoms with Gasteiger partial charge in [-0.15, -0.1) is 0 Å². The van der Waals surface area contributed by atoms with Gasteiger partial charge in [-0.2, -0.15) is 0 Å². The largest absolute Gasteiger partial charge is 0.264 e. The molecule has 0 nitrogen and oxygen atoms in total. The van der Waals surface area contributed by atoms with Crippen molar-refractivity contribution in [2.24, 2.45) is 0 Å². The zero-order valence-electron chi connectivity index (χ0n) is 5.90. The SMILES string of the molecule is FC(F)c1[c]cc(C(F)F)cc1. The van der Waals surface area contributed by atoms with Crippen LogP contribution >= 0.6 is 0 Å². The van der Waals surface area contributed by atoms with Crippen molar-refractivity contribution in [3.8, 4) is 0 Å². The smallest absolute Gasteiger partial charge is 0.205 e. The first-order valence-electron chi connectivity index (χ1n) is 3.19. The number of halogens is 4. The second kappa shape index (κ2) is 3.56. The van der Waals surface area contributed by atoms with Gasteiger partial charge in [-0.25, -0.2) is 17.6 Å². The van der Waals surface area contributed by atoms with E-state index in [1.807, 2.05) is 0 Å². The van der Waals surface area contributed by atoms with E-state index in [2.05, 4.69) is 6.07 Å². The van der Waals surface area contributed by atoms with Gasteiger partial charge in [0.25, 0.3) is 12.9 Å². The Balaban J connectivity index is 2.86. The molecule has 0 bridgehead atoms. The Bertz CT molecular complexity index is 213. The molecular formula is C8H5F4. The predicted octanol–water partition coefficient (Wildman–Crippen LogP) is 3.36. The molecule has 0 spiro atoms. The molecule has 65 valence electrons. The van der Waals surface area contributed by atoms with Crippen LogP contribution in [-0.2, 0) is 0 Å². The van der Waals surface area contributed by atoms with Gasteiger partial charge in [-0.05, 0) is 12.1 Å². The molecule has 0 unspecified atom stereocenters. The van der Waals surface area contributed by atoms with Gasteiger partial charge >= 0.3 is 0 Å². The van der Waals surface area contributed by atoms with E-state index < -0.39 is 12.9 Å².